The molecule has 0 saturated carbocycles. The molecule has 0 bridgehead atoms. The second-order valence-corrected chi connectivity index (χ2v) is 6.08. The number of H-pyrrole nitrogens is 1. The fraction of sp³-hybridized carbons (Fsp3) is 0.438. The van der Waals surface area contributed by atoms with Crippen LogP contribution in [0, 0.1) is 17.6 Å². The van der Waals surface area contributed by atoms with Gasteiger partial charge in [-0.1, -0.05) is 31.5 Å². The number of hydrogen-bond donors (Lipinski definition) is 2. The van der Waals surface area contributed by atoms with E-state index in [9.17, 15) is 4.79 Å². The Kier molecular flexibility index (Phi) is 5.13. The minimum Gasteiger partial charge on any atom is -0.342 e. The molecule has 118 valence electrons. The molecule has 2 N–H and O–H groups in total. The van der Waals surface area contributed by atoms with Crippen molar-refractivity contribution in [3.8, 4) is 0 Å². The summed E-state index contributed by atoms with van der Waals surface area (Å²) < 4.78 is 2.49. The minimum atomic E-state index is -0.194. The number of nitrogens with zero attached hydrogens (tertiary/aromatic N) is 2. The van der Waals surface area contributed by atoms with E-state index in [-0.39, 0.29) is 17.9 Å². The number of rotatable bonds is 5. The Morgan fingerprint density at radius 3 is 2.77 bits per heavy atom. The van der Waals surface area contributed by atoms with E-state index >= 15 is 0 Å². The van der Waals surface area contributed by atoms with Crippen molar-refractivity contribution in [3.05, 3.63) is 46.0 Å². The van der Waals surface area contributed by atoms with E-state index in [1.807, 2.05) is 42.7 Å². The zero-order valence-corrected chi connectivity index (χ0v) is 14.2. The van der Waals surface area contributed by atoms with E-state index < -0.39 is 0 Å². The van der Waals surface area contributed by atoms with Crippen LogP contribution in [0.1, 0.15) is 48.6 Å². The van der Waals surface area contributed by atoms with Gasteiger partial charge in [0.1, 0.15) is 0 Å². The average Bonchev–Trinajstić information content (AvgIpc) is 2.84. The van der Waals surface area contributed by atoms with Gasteiger partial charge in [0.05, 0.1) is 6.04 Å². The standard InChI is InChI=1S/C16H22N4OS/c1-5-20-14(18-19-16(20)22)13(10(2)3)17-15(21)12-8-6-7-11(4)9-12/h6-10,13H,5H2,1-4H3,(H,17,21)(H,19,22). The molecule has 2 aromatic rings. The first-order valence-corrected chi connectivity index (χ1v) is 7.87. The smallest absolute Gasteiger partial charge is 0.251 e. The Morgan fingerprint density at radius 1 is 1.45 bits per heavy atom. The highest BCUT2D eigenvalue weighted by atomic mass is 32.1. The number of aryl methyl sites for hydroxylation is 1. The van der Waals surface area contributed by atoms with Crippen molar-refractivity contribution in [1.29, 1.82) is 0 Å². The van der Waals surface area contributed by atoms with E-state index in [0.717, 1.165) is 11.4 Å². The van der Waals surface area contributed by atoms with Crippen molar-refractivity contribution < 1.29 is 4.79 Å². The number of amides is 1. The monoisotopic (exact) mass is 318 g/mol. The lowest BCUT2D eigenvalue weighted by molar-refractivity contribution is 0.0922. The number of carbonyl (C=O) groups is 1. The van der Waals surface area contributed by atoms with E-state index in [0.29, 0.717) is 16.9 Å². The van der Waals surface area contributed by atoms with Gasteiger partial charge in [0.25, 0.3) is 5.91 Å². The minimum absolute atomic E-state index is 0.0982. The predicted molar refractivity (Wildman–Crippen MR) is 89.3 cm³/mol. The molecule has 0 aliphatic rings. The number of hydrogen-bond acceptors (Lipinski definition) is 3. The van der Waals surface area contributed by atoms with Gasteiger partial charge in [-0.3, -0.25) is 9.89 Å². The summed E-state index contributed by atoms with van der Waals surface area (Å²) in [6.07, 6.45) is 0. The molecule has 6 heteroatoms. The third-order valence-corrected chi connectivity index (χ3v) is 3.93. The Hall–Kier alpha value is -1.95. The molecule has 5 nitrogen and oxygen atoms in total. The molecule has 1 atom stereocenters. The van der Waals surface area contributed by atoms with Crippen molar-refractivity contribution in [2.45, 2.75) is 40.3 Å². The highest BCUT2D eigenvalue weighted by Gasteiger charge is 2.24. The largest absolute Gasteiger partial charge is 0.342 e. The zero-order chi connectivity index (χ0) is 16.3. The maximum Gasteiger partial charge on any atom is 0.251 e. The van der Waals surface area contributed by atoms with Crippen LogP contribution in [0.25, 0.3) is 0 Å². The van der Waals surface area contributed by atoms with Gasteiger partial charge >= 0.3 is 0 Å². The van der Waals surface area contributed by atoms with Crippen LogP contribution in [0.3, 0.4) is 0 Å². The quantitative estimate of drug-likeness (QED) is 0.831. The van der Waals surface area contributed by atoms with Crippen LogP contribution in [0.15, 0.2) is 24.3 Å². The van der Waals surface area contributed by atoms with Gasteiger partial charge < -0.3 is 9.88 Å². The summed E-state index contributed by atoms with van der Waals surface area (Å²) in [7, 11) is 0. The Labute approximate surface area is 135 Å². The van der Waals surface area contributed by atoms with E-state index in [4.69, 9.17) is 12.2 Å². The molecule has 1 amide bonds. The maximum atomic E-state index is 12.5. The molecule has 0 aliphatic heterocycles. The summed E-state index contributed by atoms with van der Waals surface area (Å²) in [6, 6.07) is 7.36. The van der Waals surface area contributed by atoms with Gasteiger partial charge in [-0.25, -0.2) is 0 Å². The Bertz CT molecular complexity index is 717. The van der Waals surface area contributed by atoms with Crippen LogP contribution in [0.4, 0.5) is 0 Å². The van der Waals surface area contributed by atoms with Gasteiger partial charge in [0.2, 0.25) is 0 Å². The summed E-state index contributed by atoms with van der Waals surface area (Å²) in [5, 5.41) is 10.2. The second-order valence-electron chi connectivity index (χ2n) is 5.70. The first-order valence-electron chi connectivity index (χ1n) is 7.46. The molecule has 0 fully saturated rings. The van der Waals surface area contributed by atoms with Crippen LogP contribution >= 0.6 is 12.2 Å². The molecule has 0 saturated heterocycles. The van der Waals surface area contributed by atoms with Crippen LogP contribution in [-0.2, 0) is 6.54 Å². The molecule has 1 aromatic heterocycles. The summed E-state index contributed by atoms with van der Waals surface area (Å²) in [5.74, 6) is 0.867. The number of aromatic nitrogens is 3. The summed E-state index contributed by atoms with van der Waals surface area (Å²) in [5.41, 5.74) is 1.72. The topological polar surface area (TPSA) is 62.7 Å². The number of nitrogens with one attached hydrogen (secondary N) is 2. The lowest BCUT2D eigenvalue weighted by Crippen LogP contribution is -2.33. The fourth-order valence-electron chi connectivity index (χ4n) is 2.41. The Morgan fingerprint density at radius 2 is 2.18 bits per heavy atom. The van der Waals surface area contributed by atoms with Crippen molar-refractivity contribution >= 4 is 18.1 Å². The molecule has 1 heterocycles. The van der Waals surface area contributed by atoms with Crippen LogP contribution in [0.2, 0.25) is 0 Å². The molecule has 0 aliphatic carbocycles. The normalized spacial score (nSPS) is 12.4. The molecular weight excluding hydrogens is 296 g/mol. The van der Waals surface area contributed by atoms with Gasteiger partial charge in [0, 0.05) is 12.1 Å². The molecule has 22 heavy (non-hydrogen) atoms. The Balaban J connectivity index is 2.30. The maximum absolute atomic E-state index is 12.5. The predicted octanol–water partition coefficient (Wildman–Crippen LogP) is 3.40. The molecule has 2 rings (SSSR count). The summed E-state index contributed by atoms with van der Waals surface area (Å²) in [4.78, 5) is 12.5. The van der Waals surface area contributed by atoms with Gasteiger partial charge in [0.15, 0.2) is 10.6 Å². The average molecular weight is 318 g/mol. The first-order chi connectivity index (χ1) is 10.4. The second kappa shape index (κ2) is 6.87. The lowest BCUT2D eigenvalue weighted by Gasteiger charge is -2.22. The number of benzene rings is 1. The zero-order valence-electron chi connectivity index (χ0n) is 13.4. The van der Waals surface area contributed by atoms with E-state index in [2.05, 4.69) is 29.4 Å². The highest BCUT2D eigenvalue weighted by Crippen LogP contribution is 2.21. The van der Waals surface area contributed by atoms with Crippen LogP contribution in [0.5, 0.6) is 0 Å². The van der Waals surface area contributed by atoms with Gasteiger partial charge in [-0.15, -0.1) is 0 Å². The summed E-state index contributed by atoms with van der Waals surface area (Å²) >= 11 is 5.23. The van der Waals surface area contributed by atoms with Crippen molar-refractivity contribution in [3.63, 3.8) is 0 Å². The van der Waals surface area contributed by atoms with Gasteiger partial charge in [-0.2, -0.15) is 5.10 Å². The molecule has 1 aromatic carbocycles. The third-order valence-electron chi connectivity index (χ3n) is 3.62. The molecular formula is C16H22N4OS. The van der Waals surface area contributed by atoms with Gasteiger partial charge in [-0.05, 0) is 44.1 Å². The van der Waals surface area contributed by atoms with Crippen LogP contribution < -0.4 is 5.32 Å². The molecule has 0 radical (unpaired) electrons. The van der Waals surface area contributed by atoms with E-state index in [1.54, 1.807) is 0 Å². The summed E-state index contributed by atoms with van der Waals surface area (Å²) in [6.45, 7) is 8.81. The molecule has 1 unspecified atom stereocenters. The number of carbonyl (C=O) groups excluding carboxylic acids is 1. The third kappa shape index (κ3) is 3.44. The lowest BCUT2D eigenvalue weighted by atomic mass is 10.0. The van der Waals surface area contributed by atoms with Crippen molar-refractivity contribution in [2.75, 3.05) is 0 Å². The first kappa shape index (κ1) is 16.4. The number of aromatic amines is 1. The van der Waals surface area contributed by atoms with Crippen molar-refractivity contribution in [1.82, 2.24) is 20.1 Å². The van der Waals surface area contributed by atoms with Crippen molar-refractivity contribution in [2.24, 2.45) is 5.92 Å². The van der Waals surface area contributed by atoms with Crippen LogP contribution in [-0.4, -0.2) is 20.7 Å². The van der Waals surface area contributed by atoms with E-state index in [1.165, 1.54) is 0 Å². The fourth-order valence-corrected chi connectivity index (χ4v) is 2.68. The SMILES string of the molecule is CCn1c(C(NC(=O)c2cccc(C)c2)C(C)C)n[nH]c1=S. The highest BCUT2D eigenvalue weighted by molar-refractivity contribution is 7.71. The molecule has 0 spiro atoms.